The standard InChI is InChI=1S/C19H23N5O5S/c1-14-20-21-17(29-14)8-9-22-10-12-23(13-11-22)30(27,28)16-4-2-15(3-5-16)24-18(25)6-7-19(24)26/h2-5H,6-13H2,1H3. The Hall–Kier alpha value is -2.63. The molecule has 4 rings (SSSR count). The average molecular weight is 433 g/mol. The Morgan fingerprint density at radius 1 is 0.967 bits per heavy atom. The summed E-state index contributed by atoms with van der Waals surface area (Å²) < 4.78 is 32.8. The third kappa shape index (κ3) is 4.13. The quantitative estimate of drug-likeness (QED) is 0.608. The lowest BCUT2D eigenvalue weighted by Gasteiger charge is -2.33. The first-order valence-corrected chi connectivity index (χ1v) is 11.3. The van der Waals surface area contributed by atoms with Gasteiger partial charge >= 0.3 is 0 Å². The predicted molar refractivity (Wildman–Crippen MR) is 106 cm³/mol. The highest BCUT2D eigenvalue weighted by atomic mass is 32.2. The number of sulfonamides is 1. The average Bonchev–Trinajstić information content (AvgIpc) is 3.31. The van der Waals surface area contributed by atoms with E-state index in [1.165, 1.54) is 28.6 Å². The van der Waals surface area contributed by atoms with Crippen LogP contribution in [0.1, 0.15) is 24.6 Å². The van der Waals surface area contributed by atoms with Gasteiger partial charge in [0.1, 0.15) is 0 Å². The van der Waals surface area contributed by atoms with E-state index in [2.05, 4.69) is 15.1 Å². The molecule has 2 amide bonds. The molecule has 0 saturated carbocycles. The molecule has 1 aromatic carbocycles. The number of carbonyl (C=O) groups is 2. The molecule has 160 valence electrons. The molecule has 1 aromatic heterocycles. The molecule has 30 heavy (non-hydrogen) atoms. The Kier molecular flexibility index (Phi) is 5.67. The molecule has 0 N–H and O–H groups in total. The number of benzene rings is 1. The monoisotopic (exact) mass is 433 g/mol. The van der Waals surface area contributed by atoms with Gasteiger partial charge in [-0.3, -0.25) is 14.5 Å². The lowest BCUT2D eigenvalue weighted by Crippen LogP contribution is -2.49. The van der Waals surface area contributed by atoms with Crippen molar-refractivity contribution in [1.82, 2.24) is 19.4 Å². The summed E-state index contributed by atoms with van der Waals surface area (Å²) >= 11 is 0. The van der Waals surface area contributed by atoms with Crippen molar-refractivity contribution in [1.29, 1.82) is 0 Å². The molecule has 0 bridgehead atoms. The van der Waals surface area contributed by atoms with E-state index in [1.807, 2.05) is 0 Å². The second kappa shape index (κ2) is 8.25. The topological polar surface area (TPSA) is 117 Å². The van der Waals surface area contributed by atoms with Crippen molar-refractivity contribution in [3.8, 4) is 0 Å². The van der Waals surface area contributed by atoms with Gasteiger partial charge in [0.05, 0.1) is 10.6 Å². The maximum Gasteiger partial charge on any atom is 0.243 e. The molecule has 2 aromatic rings. The Labute approximate surface area is 174 Å². The largest absolute Gasteiger partial charge is 0.426 e. The highest BCUT2D eigenvalue weighted by Crippen LogP contribution is 2.25. The SMILES string of the molecule is Cc1nnc(CCN2CCN(S(=O)(=O)c3ccc(N4C(=O)CCC4=O)cc3)CC2)o1. The summed E-state index contributed by atoms with van der Waals surface area (Å²) in [5, 5.41) is 7.78. The molecule has 0 spiro atoms. The van der Waals surface area contributed by atoms with E-state index >= 15 is 0 Å². The number of rotatable bonds is 6. The van der Waals surface area contributed by atoms with E-state index in [1.54, 1.807) is 6.92 Å². The molecule has 2 saturated heterocycles. The first-order valence-electron chi connectivity index (χ1n) is 9.82. The first kappa shape index (κ1) is 20.6. The molecular formula is C19H23N5O5S. The number of imide groups is 1. The van der Waals surface area contributed by atoms with Gasteiger partial charge in [-0.25, -0.2) is 8.42 Å². The minimum atomic E-state index is -3.64. The molecule has 0 atom stereocenters. The summed E-state index contributed by atoms with van der Waals surface area (Å²) in [6.07, 6.45) is 1.01. The van der Waals surface area contributed by atoms with E-state index in [-0.39, 0.29) is 29.6 Å². The molecular weight excluding hydrogens is 410 g/mol. The van der Waals surface area contributed by atoms with Gasteiger partial charge in [-0.2, -0.15) is 4.31 Å². The van der Waals surface area contributed by atoms with Gasteiger partial charge in [0.25, 0.3) is 0 Å². The van der Waals surface area contributed by atoms with Gasteiger partial charge in [0, 0.05) is 58.9 Å². The van der Waals surface area contributed by atoms with Crippen molar-refractivity contribution in [2.45, 2.75) is 31.1 Å². The molecule has 10 nitrogen and oxygen atoms in total. The fraction of sp³-hybridized carbons (Fsp3) is 0.474. The molecule has 11 heteroatoms. The Bertz CT molecular complexity index is 1030. The smallest absolute Gasteiger partial charge is 0.243 e. The Balaban J connectivity index is 1.36. The molecule has 2 aliphatic rings. The number of anilines is 1. The van der Waals surface area contributed by atoms with Crippen LogP contribution in [0.2, 0.25) is 0 Å². The zero-order valence-corrected chi connectivity index (χ0v) is 17.5. The summed E-state index contributed by atoms with van der Waals surface area (Å²) in [4.78, 5) is 27.1. The van der Waals surface area contributed by atoms with Crippen LogP contribution in [0.25, 0.3) is 0 Å². The highest BCUT2D eigenvalue weighted by molar-refractivity contribution is 7.89. The van der Waals surface area contributed by atoms with Crippen LogP contribution in [0.15, 0.2) is 33.6 Å². The Morgan fingerprint density at radius 3 is 2.17 bits per heavy atom. The third-order valence-corrected chi connectivity index (χ3v) is 7.24. The van der Waals surface area contributed by atoms with E-state index in [9.17, 15) is 18.0 Å². The van der Waals surface area contributed by atoms with Gasteiger partial charge in [0.2, 0.25) is 33.6 Å². The van der Waals surface area contributed by atoms with Crippen LogP contribution in [0.4, 0.5) is 5.69 Å². The third-order valence-electron chi connectivity index (χ3n) is 5.33. The van der Waals surface area contributed by atoms with Gasteiger partial charge < -0.3 is 9.32 Å². The molecule has 0 radical (unpaired) electrons. The van der Waals surface area contributed by atoms with Crippen LogP contribution in [0, 0.1) is 6.92 Å². The fourth-order valence-corrected chi connectivity index (χ4v) is 5.09. The predicted octanol–water partition coefficient (Wildman–Crippen LogP) is 0.580. The number of piperazine rings is 1. The van der Waals surface area contributed by atoms with E-state index in [0.29, 0.717) is 50.1 Å². The van der Waals surface area contributed by atoms with Crippen LogP contribution >= 0.6 is 0 Å². The molecule has 0 unspecified atom stereocenters. The summed E-state index contributed by atoms with van der Waals surface area (Å²) in [5.74, 6) is 0.591. The van der Waals surface area contributed by atoms with Crippen LogP contribution in [-0.4, -0.2) is 72.4 Å². The lowest BCUT2D eigenvalue weighted by atomic mass is 10.3. The van der Waals surface area contributed by atoms with E-state index in [0.717, 1.165) is 11.4 Å². The van der Waals surface area contributed by atoms with E-state index < -0.39 is 10.0 Å². The molecule has 2 fully saturated rings. The van der Waals surface area contributed by atoms with Gasteiger partial charge in [-0.05, 0) is 24.3 Å². The van der Waals surface area contributed by atoms with Crippen LogP contribution < -0.4 is 4.90 Å². The summed E-state index contributed by atoms with van der Waals surface area (Å²) in [6, 6.07) is 5.93. The second-order valence-electron chi connectivity index (χ2n) is 7.33. The number of hydrogen-bond acceptors (Lipinski definition) is 8. The van der Waals surface area contributed by atoms with Crippen LogP contribution in [0.5, 0.6) is 0 Å². The van der Waals surface area contributed by atoms with Crippen molar-refractivity contribution in [3.63, 3.8) is 0 Å². The Morgan fingerprint density at radius 2 is 1.60 bits per heavy atom. The number of aromatic nitrogens is 2. The number of hydrogen-bond donors (Lipinski definition) is 0. The first-order chi connectivity index (χ1) is 14.3. The molecule has 2 aliphatic heterocycles. The van der Waals surface area contributed by atoms with E-state index in [4.69, 9.17) is 4.42 Å². The number of amides is 2. The zero-order chi connectivity index (χ0) is 21.3. The second-order valence-corrected chi connectivity index (χ2v) is 9.27. The number of nitrogens with zero attached hydrogens (tertiary/aromatic N) is 5. The van der Waals surface area contributed by atoms with Crippen molar-refractivity contribution in [2.75, 3.05) is 37.6 Å². The molecule has 0 aliphatic carbocycles. The lowest BCUT2D eigenvalue weighted by molar-refractivity contribution is -0.121. The van der Waals surface area contributed by atoms with Gasteiger partial charge in [-0.15, -0.1) is 10.2 Å². The van der Waals surface area contributed by atoms with Crippen molar-refractivity contribution in [3.05, 3.63) is 36.0 Å². The van der Waals surface area contributed by atoms with Crippen LogP contribution in [-0.2, 0) is 26.0 Å². The summed E-state index contributed by atoms with van der Waals surface area (Å²) in [5.41, 5.74) is 0.405. The maximum absolute atomic E-state index is 13.0. The van der Waals surface area contributed by atoms with Crippen molar-refractivity contribution >= 4 is 27.5 Å². The van der Waals surface area contributed by atoms with Gasteiger partial charge in [-0.1, -0.05) is 0 Å². The summed E-state index contributed by atoms with van der Waals surface area (Å²) in [6.45, 7) is 4.46. The minimum absolute atomic E-state index is 0.153. The van der Waals surface area contributed by atoms with Crippen molar-refractivity contribution < 1.29 is 22.4 Å². The normalized spacial score (nSPS) is 19.0. The van der Waals surface area contributed by atoms with Crippen molar-refractivity contribution in [2.24, 2.45) is 0 Å². The highest BCUT2D eigenvalue weighted by Gasteiger charge is 2.32. The van der Waals surface area contributed by atoms with Crippen LogP contribution in [0.3, 0.4) is 0 Å². The van der Waals surface area contributed by atoms with Gasteiger partial charge in [0.15, 0.2) is 0 Å². The minimum Gasteiger partial charge on any atom is -0.426 e. The number of carbonyl (C=O) groups excluding carboxylic acids is 2. The zero-order valence-electron chi connectivity index (χ0n) is 16.7. The summed E-state index contributed by atoms with van der Waals surface area (Å²) in [7, 11) is -3.64. The number of aryl methyl sites for hydroxylation is 1. The fourth-order valence-electron chi connectivity index (χ4n) is 3.67. The molecule has 3 heterocycles. The maximum atomic E-state index is 13.0.